The van der Waals surface area contributed by atoms with Crippen molar-refractivity contribution in [3.05, 3.63) is 12.1 Å². The van der Waals surface area contributed by atoms with Crippen LogP contribution in [0.2, 0.25) is 0 Å². The Labute approximate surface area is 99.8 Å². The van der Waals surface area contributed by atoms with E-state index >= 15 is 0 Å². The molecule has 0 radical (unpaired) electrons. The van der Waals surface area contributed by atoms with Gasteiger partial charge in [-0.1, -0.05) is 6.92 Å². The third-order valence-electron chi connectivity index (χ3n) is 1.99. The van der Waals surface area contributed by atoms with E-state index in [1.54, 1.807) is 13.2 Å². The molecule has 0 fully saturated rings. The second kappa shape index (κ2) is 6.37. The van der Waals surface area contributed by atoms with E-state index in [0.717, 1.165) is 17.1 Å². The van der Waals surface area contributed by atoms with E-state index in [4.69, 9.17) is 4.74 Å². The monoisotopic (exact) mass is 240 g/mol. The highest BCUT2D eigenvalue weighted by Gasteiger charge is 2.08. The predicted octanol–water partition coefficient (Wildman–Crippen LogP) is 2.55. The molecular weight excluding hydrogens is 224 g/mol. The van der Waals surface area contributed by atoms with Gasteiger partial charge in [-0.3, -0.25) is 4.79 Å². The van der Waals surface area contributed by atoms with E-state index in [1.165, 1.54) is 11.8 Å². The summed E-state index contributed by atoms with van der Waals surface area (Å²) in [6.07, 6.45) is 3.28. The summed E-state index contributed by atoms with van der Waals surface area (Å²) in [5.41, 5.74) is 0.742. The van der Waals surface area contributed by atoms with Crippen LogP contribution in [0.25, 0.3) is 0 Å². The predicted molar refractivity (Wildman–Crippen MR) is 66.1 cm³/mol. The molecule has 0 atom stereocenters. The van der Waals surface area contributed by atoms with Gasteiger partial charge in [0.15, 0.2) is 0 Å². The minimum Gasteiger partial charge on any atom is -0.481 e. The number of thioether (sulfide) groups is 1. The fourth-order valence-corrected chi connectivity index (χ4v) is 1.75. The van der Waals surface area contributed by atoms with Crippen LogP contribution in [0.3, 0.4) is 0 Å². The highest BCUT2D eigenvalue weighted by molar-refractivity contribution is 7.98. The summed E-state index contributed by atoms with van der Waals surface area (Å²) in [7, 11) is 1.57. The standard InChI is InChI=1S/C11H16N2O2S/c1-4-5-9(14)12-8-6-7-10(15-2)13-11(8)16-3/h6-7H,4-5H2,1-3H3,(H,12,14). The number of nitrogens with one attached hydrogen (secondary N) is 1. The van der Waals surface area contributed by atoms with Crippen LogP contribution in [0.1, 0.15) is 19.8 Å². The Balaban J connectivity index is 2.83. The van der Waals surface area contributed by atoms with Gasteiger partial charge in [-0.2, -0.15) is 0 Å². The van der Waals surface area contributed by atoms with Crippen LogP contribution in [0.15, 0.2) is 17.2 Å². The van der Waals surface area contributed by atoms with Crippen molar-refractivity contribution < 1.29 is 9.53 Å². The zero-order chi connectivity index (χ0) is 12.0. The Morgan fingerprint density at radius 1 is 1.56 bits per heavy atom. The van der Waals surface area contributed by atoms with E-state index in [9.17, 15) is 4.79 Å². The van der Waals surface area contributed by atoms with Crippen LogP contribution in [0, 0.1) is 0 Å². The number of hydrogen-bond acceptors (Lipinski definition) is 4. The van der Waals surface area contributed by atoms with E-state index in [-0.39, 0.29) is 5.91 Å². The Kier molecular flexibility index (Phi) is 5.11. The highest BCUT2D eigenvalue weighted by atomic mass is 32.2. The van der Waals surface area contributed by atoms with Gasteiger partial charge < -0.3 is 10.1 Å². The molecule has 1 aromatic heterocycles. The smallest absolute Gasteiger partial charge is 0.224 e. The van der Waals surface area contributed by atoms with Crippen LogP contribution in [0.4, 0.5) is 5.69 Å². The number of carbonyl (C=O) groups excluding carboxylic acids is 1. The van der Waals surface area contributed by atoms with Crippen LogP contribution < -0.4 is 10.1 Å². The molecule has 0 aliphatic rings. The first kappa shape index (κ1) is 12.8. The maximum atomic E-state index is 11.5. The minimum absolute atomic E-state index is 0.0183. The van der Waals surface area contributed by atoms with E-state index in [0.29, 0.717) is 12.3 Å². The van der Waals surface area contributed by atoms with Gasteiger partial charge in [-0.05, 0) is 18.7 Å². The molecule has 0 spiro atoms. The van der Waals surface area contributed by atoms with E-state index < -0.39 is 0 Å². The average molecular weight is 240 g/mol. The van der Waals surface area contributed by atoms with Crippen molar-refractivity contribution >= 4 is 23.4 Å². The van der Waals surface area contributed by atoms with Crippen molar-refractivity contribution in [2.45, 2.75) is 24.8 Å². The molecule has 1 rings (SSSR count). The summed E-state index contributed by atoms with van der Waals surface area (Å²) in [5.74, 6) is 0.572. The lowest BCUT2D eigenvalue weighted by Gasteiger charge is -2.09. The van der Waals surface area contributed by atoms with Crippen molar-refractivity contribution in [2.24, 2.45) is 0 Å². The molecule has 4 nitrogen and oxygen atoms in total. The van der Waals surface area contributed by atoms with Crippen LogP contribution in [0.5, 0.6) is 5.88 Å². The number of rotatable bonds is 5. The summed E-state index contributed by atoms with van der Waals surface area (Å²) in [6.45, 7) is 1.97. The number of methoxy groups -OCH3 is 1. The van der Waals surface area contributed by atoms with Crippen molar-refractivity contribution in [2.75, 3.05) is 18.7 Å². The summed E-state index contributed by atoms with van der Waals surface area (Å²) in [4.78, 5) is 15.7. The van der Waals surface area contributed by atoms with Crippen LogP contribution in [-0.2, 0) is 4.79 Å². The third kappa shape index (κ3) is 3.41. The maximum absolute atomic E-state index is 11.5. The lowest BCUT2D eigenvalue weighted by molar-refractivity contribution is -0.116. The Morgan fingerprint density at radius 2 is 2.31 bits per heavy atom. The minimum atomic E-state index is 0.0183. The van der Waals surface area contributed by atoms with E-state index in [1.807, 2.05) is 19.2 Å². The van der Waals surface area contributed by atoms with Gasteiger partial charge in [-0.25, -0.2) is 4.98 Å². The van der Waals surface area contributed by atoms with Crippen molar-refractivity contribution in [1.29, 1.82) is 0 Å². The fraction of sp³-hybridized carbons (Fsp3) is 0.455. The summed E-state index contributed by atoms with van der Waals surface area (Å²) in [5, 5.41) is 3.60. The molecule has 0 saturated heterocycles. The van der Waals surface area contributed by atoms with Gasteiger partial charge in [0.25, 0.3) is 0 Å². The van der Waals surface area contributed by atoms with Gasteiger partial charge in [0.1, 0.15) is 5.03 Å². The molecule has 0 aliphatic carbocycles. The molecule has 16 heavy (non-hydrogen) atoms. The summed E-state index contributed by atoms with van der Waals surface area (Å²) >= 11 is 1.48. The molecule has 0 aliphatic heterocycles. The number of hydrogen-bond donors (Lipinski definition) is 1. The molecule has 88 valence electrons. The summed E-state index contributed by atoms with van der Waals surface area (Å²) in [6, 6.07) is 3.55. The molecule has 1 aromatic rings. The van der Waals surface area contributed by atoms with Crippen LogP contribution >= 0.6 is 11.8 Å². The number of amides is 1. The quantitative estimate of drug-likeness (QED) is 0.804. The lowest BCUT2D eigenvalue weighted by atomic mass is 10.3. The first-order chi connectivity index (χ1) is 7.71. The number of aromatic nitrogens is 1. The Bertz CT molecular complexity index is 369. The molecule has 1 amide bonds. The molecule has 5 heteroatoms. The molecule has 1 heterocycles. The molecule has 1 N–H and O–H groups in total. The number of nitrogens with zero attached hydrogens (tertiary/aromatic N) is 1. The molecular formula is C11H16N2O2S. The number of anilines is 1. The van der Waals surface area contributed by atoms with Gasteiger partial charge in [0, 0.05) is 12.5 Å². The molecule has 0 aromatic carbocycles. The summed E-state index contributed by atoms with van der Waals surface area (Å²) < 4.78 is 5.03. The number of pyridine rings is 1. The molecule has 0 saturated carbocycles. The normalized spacial score (nSPS) is 9.94. The SMILES string of the molecule is CCCC(=O)Nc1ccc(OC)nc1SC. The number of ether oxygens (including phenoxy) is 1. The highest BCUT2D eigenvalue weighted by Crippen LogP contribution is 2.25. The van der Waals surface area contributed by atoms with Gasteiger partial charge in [-0.15, -0.1) is 11.8 Å². The Morgan fingerprint density at radius 3 is 2.88 bits per heavy atom. The first-order valence-corrected chi connectivity index (χ1v) is 6.32. The lowest BCUT2D eigenvalue weighted by Crippen LogP contribution is -2.11. The van der Waals surface area contributed by atoms with Gasteiger partial charge >= 0.3 is 0 Å². The Hall–Kier alpha value is -1.23. The van der Waals surface area contributed by atoms with Gasteiger partial charge in [0.2, 0.25) is 11.8 Å². The first-order valence-electron chi connectivity index (χ1n) is 5.10. The topological polar surface area (TPSA) is 51.2 Å². The second-order valence-corrected chi connectivity index (χ2v) is 4.00. The average Bonchev–Trinajstić information content (AvgIpc) is 2.30. The fourth-order valence-electron chi connectivity index (χ4n) is 1.23. The third-order valence-corrected chi connectivity index (χ3v) is 2.69. The van der Waals surface area contributed by atoms with Crippen molar-refractivity contribution in [3.8, 4) is 5.88 Å². The largest absolute Gasteiger partial charge is 0.481 e. The maximum Gasteiger partial charge on any atom is 0.224 e. The molecule has 0 bridgehead atoms. The van der Waals surface area contributed by atoms with Crippen LogP contribution in [-0.4, -0.2) is 24.3 Å². The number of carbonyl (C=O) groups is 1. The van der Waals surface area contributed by atoms with Crippen molar-refractivity contribution in [3.63, 3.8) is 0 Å². The zero-order valence-corrected chi connectivity index (χ0v) is 10.6. The van der Waals surface area contributed by atoms with E-state index in [2.05, 4.69) is 10.3 Å². The zero-order valence-electron chi connectivity index (χ0n) is 9.74. The second-order valence-electron chi connectivity index (χ2n) is 3.21. The van der Waals surface area contributed by atoms with Crippen molar-refractivity contribution in [1.82, 2.24) is 4.98 Å². The molecule has 0 unspecified atom stereocenters. The van der Waals surface area contributed by atoms with Gasteiger partial charge in [0.05, 0.1) is 12.8 Å².